The number of hydrogen-bond donors (Lipinski definition) is 2. The number of benzene rings is 2. The number of H-pyrrole nitrogens is 1. The fourth-order valence-corrected chi connectivity index (χ4v) is 5.05. The third-order valence-electron chi connectivity index (χ3n) is 7.15. The van der Waals surface area contributed by atoms with Gasteiger partial charge in [-0.3, -0.25) is 14.3 Å². The van der Waals surface area contributed by atoms with Gasteiger partial charge in [0.25, 0.3) is 5.56 Å². The highest BCUT2D eigenvalue weighted by molar-refractivity contribution is 5.74. The van der Waals surface area contributed by atoms with E-state index in [1.807, 2.05) is 6.07 Å². The van der Waals surface area contributed by atoms with Crippen LogP contribution in [-0.4, -0.2) is 57.1 Å². The number of aliphatic hydroxyl groups is 1. The molecule has 10 heteroatoms. The minimum atomic E-state index is -0.916. The quantitative estimate of drug-likeness (QED) is 0.349. The number of imidazole rings is 1. The zero-order chi connectivity index (χ0) is 26.6. The van der Waals surface area contributed by atoms with Gasteiger partial charge < -0.3 is 24.0 Å². The predicted octanol–water partition coefficient (Wildman–Crippen LogP) is 2.33. The molecule has 5 rings (SSSR count). The summed E-state index contributed by atoms with van der Waals surface area (Å²) >= 11 is 0. The minimum Gasteiger partial charge on any atom is -0.497 e. The molecule has 1 aliphatic heterocycles. The first kappa shape index (κ1) is 25.6. The van der Waals surface area contributed by atoms with Crippen molar-refractivity contribution in [2.45, 2.75) is 31.9 Å². The van der Waals surface area contributed by atoms with Gasteiger partial charge >= 0.3 is 5.69 Å². The zero-order valence-electron chi connectivity index (χ0n) is 21.7. The molecule has 2 aromatic carbocycles. The van der Waals surface area contributed by atoms with E-state index in [9.17, 15) is 14.7 Å². The van der Waals surface area contributed by atoms with Gasteiger partial charge in [-0.15, -0.1) is 0 Å². The molecule has 3 heterocycles. The maximum Gasteiger partial charge on any atom is 0.329 e. The molecule has 0 saturated carbocycles. The standard InChI is InChI=1S/C28H33N5O5/c1-31-25-24(26(35)30-28(31)36)33(17-21(34)18-38-23-10-8-22(37-2)9-11-23)27(29-25)32-14-12-20(13-15-32)16-19-6-4-3-5-7-19/h3-11,20-21,34H,12-18H2,1-2H3,(H,30,35,36). The molecule has 1 unspecified atom stereocenters. The Hall–Kier alpha value is -4.05. The Morgan fingerprint density at radius 2 is 1.74 bits per heavy atom. The van der Waals surface area contributed by atoms with Crippen LogP contribution in [0.15, 0.2) is 64.2 Å². The highest BCUT2D eigenvalue weighted by Gasteiger charge is 2.27. The summed E-state index contributed by atoms with van der Waals surface area (Å²) in [6.07, 6.45) is 2.08. The summed E-state index contributed by atoms with van der Waals surface area (Å²) in [7, 11) is 3.17. The van der Waals surface area contributed by atoms with E-state index in [0.717, 1.165) is 32.4 Å². The van der Waals surface area contributed by atoms with E-state index in [4.69, 9.17) is 14.5 Å². The molecule has 2 N–H and O–H groups in total. The second-order valence-corrected chi connectivity index (χ2v) is 9.77. The molecule has 4 aromatic rings. The molecule has 0 spiro atoms. The van der Waals surface area contributed by atoms with E-state index in [1.165, 1.54) is 10.1 Å². The summed E-state index contributed by atoms with van der Waals surface area (Å²) in [5, 5.41) is 10.9. The first-order chi connectivity index (χ1) is 18.4. The molecule has 0 aliphatic carbocycles. The Kier molecular flexibility index (Phi) is 7.50. The molecule has 10 nitrogen and oxygen atoms in total. The van der Waals surface area contributed by atoms with Crippen LogP contribution in [0.2, 0.25) is 0 Å². The maximum absolute atomic E-state index is 12.9. The van der Waals surface area contributed by atoms with Crippen molar-refractivity contribution in [3.8, 4) is 11.5 Å². The van der Waals surface area contributed by atoms with E-state index >= 15 is 0 Å². The smallest absolute Gasteiger partial charge is 0.329 e. The van der Waals surface area contributed by atoms with Crippen LogP contribution in [0.3, 0.4) is 0 Å². The van der Waals surface area contributed by atoms with Crippen molar-refractivity contribution >= 4 is 17.1 Å². The Morgan fingerprint density at radius 3 is 2.42 bits per heavy atom. The van der Waals surface area contributed by atoms with E-state index < -0.39 is 17.4 Å². The first-order valence-corrected chi connectivity index (χ1v) is 12.9. The van der Waals surface area contributed by atoms with Crippen molar-refractivity contribution in [2.24, 2.45) is 13.0 Å². The summed E-state index contributed by atoms with van der Waals surface area (Å²) in [5.74, 6) is 2.45. The fourth-order valence-electron chi connectivity index (χ4n) is 5.05. The topological polar surface area (TPSA) is 115 Å². The molecule has 1 atom stereocenters. The van der Waals surface area contributed by atoms with E-state index in [-0.39, 0.29) is 18.7 Å². The summed E-state index contributed by atoms with van der Waals surface area (Å²) in [6, 6.07) is 17.6. The molecule has 0 radical (unpaired) electrons. The fraction of sp³-hybridized carbons (Fsp3) is 0.393. The molecule has 0 bridgehead atoms. The molecule has 38 heavy (non-hydrogen) atoms. The molecule has 200 valence electrons. The lowest BCUT2D eigenvalue weighted by molar-refractivity contribution is 0.0935. The van der Waals surface area contributed by atoms with Crippen molar-refractivity contribution in [1.29, 1.82) is 0 Å². The lowest BCUT2D eigenvalue weighted by Crippen LogP contribution is -2.37. The number of anilines is 1. The Bertz CT molecular complexity index is 1480. The average molecular weight is 520 g/mol. The van der Waals surface area contributed by atoms with E-state index in [2.05, 4.69) is 34.1 Å². The number of piperidine rings is 1. The maximum atomic E-state index is 12.9. The highest BCUT2D eigenvalue weighted by atomic mass is 16.5. The van der Waals surface area contributed by atoms with Crippen molar-refractivity contribution in [2.75, 3.05) is 31.7 Å². The number of nitrogens with zero attached hydrogens (tertiary/aromatic N) is 4. The molecule has 1 fully saturated rings. The third kappa shape index (κ3) is 5.45. The Labute approximate surface area is 220 Å². The normalized spacial score (nSPS) is 15.1. The number of methoxy groups -OCH3 is 1. The number of aromatic nitrogens is 4. The molecule has 2 aromatic heterocycles. The van der Waals surface area contributed by atoms with Gasteiger partial charge in [0.2, 0.25) is 5.95 Å². The number of aromatic amines is 1. The monoisotopic (exact) mass is 519 g/mol. The van der Waals surface area contributed by atoms with Crippen LogP contribution in [-0.2, 0) is 20.0 Å². The predicted molar refractivity (Wildman–Crippen MR) is 145 cm³/mol. The van der Waals surface area contributed by atoms with Crippen molar-refractivity contribution in [1.82, 2.24) is 19.1 Å². The lowest BCUT2D eigenvalue weighted by atomic mass is 9.90. The number of nitrogens with one attached hydrogen (secondary N) is 1. The third-order valence-corrected chi connectivity index (χ3v) is 7.15. The Morgan fingerprint density at radius 1 is 1.05 bits per heavy atom. The minimum absolute atomic E-state index is 0.0221. The van der Waals surface area contributed by atoms with Crippen LogP contribution in [0.1, 0.15) is 18.4 Å². The first-order valence-electron chi connectivity index (χ1n) is 12.9. The van der Waals surface area contributed by atoms with Crippen molar-refractivity contribution in [3.63, 3.8) is 0 Å². The van der Waals surface area contributed by atoms with Gasteiger partial charge in [-0.25, -0.2) is 4.79 Å². The van der Waals surface area contributed by atoms with Crippen molar-refractivity contribution < 1.29 is 14.6 Å². The summed E-state index contributed by atoms with van der Waals surface area (Å²) < 4.78 is 14.0. The SMILES string of the molecule is COc1ccc(OCC(O)Cn2c(N3CCC(Cc4ccccc4)CC3)nc3c2c(=O)[nH]c(=O)n3C)cc1. The van der Waals surface area contributed by atoms with Crippen LogP contribution in [0, 0.1) is 5.92 Å². The number of aryl methyl sites for hydroxylation is 1. The van der Waals surface area contributed by atoms with Gasteiger partial charge in [0.1, 0.15) is 24.2 Å². The average Bonchev–Trinajstić information content (AvgIpc) is 3.31. The molecular weight excluding hydrogens is 486 g/mol. The molecule has 1 saturated heterocycles. The number of hydrogen-bond acceptors (Lipinski definition) is 7. The molecule has 0 amide bonds. The molecule has 1 aliphatic rings. The highest BCUT2D eigenvalue weighted by Crippen LogP contribution is 2.27. The van der Waals surface area contributed by atoms with Gasteiger partial charge in [-0.05, 0) is 55.0 Å². The van der Waals surface area contributed by atoms with Crippen LogP contribution >= 0.6 is 0 Å². The largest absolute Gasteiger partial charge is 0.497 e. The number of fused-ring (bicyclic) bond motifs is 1. The van der Waals surface area contributed by atoms with Crippen LogP contribution < -0.4 is 25.6 Å². The second-order valence-electron chi connectivity index (χ2n) is 9.77. The van der Waals surface area contributed by atoms with Gasteiger partial charge in [0, 0.05) is 20.1 Å². The summed E-state index contributed by atoms with van der Waals surface area (Å²) in [4.78, 5) is 34.4. The summed E-state index contributed by atoms with van der Waals surface area (Å²) in [5.41, 5.74) is 0.841. The Balaban J connectivity index is 1.36. The lowest BCUT2D eigenvalue weighted by Gasteiger charge is -2.33. The molecular formula is C28H33N5O5. The van der Waals surface area contributed by atoms with Crippen LogP contribution in [0.5, 0.6) is 11.5 Å². The number of rotatable bonds is 9. The van der Waals surface area contributed by atoms with Gasteiger partial charge in [0.05, 0.1) is 13.7 Å². The van der Waals surface area contributed by atoms with E-state index in [0.29, 0.717) is 29.0 Å². The van der Waals surface area contributed by atoms with E-state index in [1.54, 1.807) is 43.0 Å². The number of ether oxygens (including phenoxy) is 2. The zero-order valence-corrected chi connectivity index (χ0v) is 21.7. The summed E-state index contributed by atoms with van der Waals surface area (Å²) in [6.45, 7) is 1.65. The number of aliphatic hydroxyl groups excluding tert-OH is 1. The van der Waals surface area contributed by atoms with Crippen LogP contribution in [0.4, 0.5) is 5.95 Å². The van der Waals surface area contributed by atoms with Gasteiger partial charge in [0.15, 0.2) is 11.2 Å². The van der Waals surface area contributed by atoms with Gasteiger partial charge in [-0.1, -0.05) is 30.3 Å². The van der Waals surface area contributed by atoms with Crippen LogP contribution in [0.25, 0.3) is 11.2 Å². The van der Waals surface area contributed by atoms with Crippen molar-refractivity contribution in [3.05, 3.63) is 81.0 Å². The van der Waals surface area contributed by atoms with Gasteiger partial charge in [-0.2, -0.15) is 4.98 Å². The second kappa shape index (κ2) is 11.1.